The summed E-state index contributed by atoms with van der Waals surface area (Å²) in [6, 6.07) is 7.31. The average molecular weight is 321 g/mol. The van der Waals surface area contributed by atoms with E-state index in [1.807, 2.05) is 18.2 Å². The minimum atomic E-state index is -0.934. The van der Waals surface area contributed by atoms with Gasteiger partial charge in [-0.25, -0.2) is 0 Å². The third-order valence-electron chi connectivity index (χ3n) is 4.06. The molecule has 1 aliphatic rings. The third-order valence-corrected chi connectivity index (χ3v) is 4.06. The molecule has 0 aliphatic carbocycles. The molecule has 0 spiro atoms. The summed E-state index contributed by atoms with van der Waals surface area (Å²) in [6.45, 7) is 1.20. The molecule has 23 heavy (non-hydrogen) atoms. The van der Waals surface area contributed by atoms with Crippen LogP contribution in [0.1, 0.15) is 18.4 Å². The Hall–Kier alpha value is -2.08. The third kappa shape index (κ3) is 4.96. The summed E-state index contributed by atoms with van der Waals surface area (Å²) in [4.78, 5) is 23.6. The van der Waals surface area contributed by atoms with E-state index in [4.69, 9.17) is 9.47 Å². The van der Waals surface area contributed by atoms with Crippen molar-refractivity contribution < 1.29 is 24.2 Å². The Balaban J connectivity index is 1.93. The predicted molar refractivity (Wildman–Crippen MR) is 84.4 cm³/mol. The van der Waals surface area contributed by atoms with Gasteiger partial charge in [0.15, 0.2) is 0 Å². The lowest BCUT2D eigenvalue weighted by atomic mass is 9.97. The number of para-hydroxylation sites is 1. The summed E-state index contributed by atoms with van der Waals surface area (Å²) in [7, 11) is 1.56. The van der Waals surface area contributed by atoms with E-state index < -0.39 is 11.9 Å². The maximum atomic E-state index is 12.1. The summed E-state index contributed by atoms with van der Waals surface area (Å²) in [6.07, 6.45) is 1.96. The van der Waals surface area contributed by atoms with Gasteiger partial charge < -0.3 is 19.9 Å². The first kappa shape index (κ1) is 17.3. The van der Waals surface area contributed by atoms with Gasteiger partial charge in [-0.3, -0.25) is 9.59 Å². The van der Waals surface area contributed by atoms with Crippen LogP contribution in [0.4, 0.5) is 0 Å². The fraction of sp³-hybridized carbons (Fsp3) is 0.529. The van der Waals surface area contributed by atoms with E-state index >= 15 is 0 Å². The van der Waals surface area contributed by atoms with Gasteiger partial charge in [-0.1, -0.05) is 18.2 Å². The van der Waals surface area contributed by atoms with Gasteiger partial charge >= 0.3 is 5.97 Å². The van der Waals surface area contributed by atoms with Crippen molar-refractivity contribution in [1.29, 1.82) is 0 Å². The van der Waals surface area contributed by atoms with Crippen LogP contribution in [0.5, 0.6) is 5.75 Å². The van der Waals surface area contributed by atoms with Crippen molar-refractivity contribution in [2.45, 2.75) is 19.3 Å². The Morgan fingerprint density at radius 1 is 1.43 bits per heavy atom. The number of carboxylic acids is 1. The zero-order valence-corrected chi connectivity index (χ0v) is 13.3. The minimum Gasteiger partial charge on any atom is -0.496 e. The summed E-state index contributed by atoms with van der Waals surface area (Å²) < 4.78 is 10.5. The molecule has 1 aromatic rings. The number of hydrogen-bond donors (Lipinski definition) is 2. The highest BCUT2D eigenvalue weighted by Crippen LogP contribution is 2.21. The van der Waals surface area contributed by atoms with Crippen molar-refractivity contribution in [1.82, 2.24) is 5.32 Å². The molecular formula is C17H23NO5. The van der Waals surface area contributed by atoms with Crippen LogP contribution in [-0.4, -0.2) is 43.9 Å². The summed E-state index contributed by atoms with van der Waals surface area (Å²) in [5.74, 6) is -1.28. The average Bonchev–Trinajstić information content (AvgIpc) is 2.59. The molecule has 0 saturated carbocycles. The first-order chi connectivity index (χ1) is 11.1. The van der Waals surface area contributed by atoms with Crippen LogP contribution in [0.15, 0.2) is 24.3 Å². The van der Waals surface area contributed by atoms with E-state index in [1.54, 1.807) is 13.2 Å². The standard InChI is InChI=1S/C17H23NO5/c1-22-15-7-3-2-5-12(15)9-14(17(20)21)10-18-16(19)13-6-4-8-23-11-13/h2-3,5,7,13-14H,4,6,8-11H2,1H3,(H,18,19)(H,20,21). The van der Waals surface area contributed by atoms with Gasteiger partial charge in [0.25, 0.3) is 0 Å². The first-order valence-electron chi connectivity index (χ1n) is 7.82. The maximum Gasteiger partial charge on any atom is 0.308 e. The van der Waals surface area contributed by atoms with Gasteiger partial charge in [-0.2, -0.15) is 0 Å². The van der Waals surface area contributed by atoms with Crippen LogP contribution in [0.3, 0.4) is 0 Å². The van der Waals surface area contributed by atoms with Crippen molar-refractivity contribution >= 4 is 11.9 Å². The summed E-state index contributed by atoms with van der Waals surface area (Å²) in [5, 5.41) is 12.2. The van der Waals surface area contributed by atoms with Gasteiger partial charge in [-0.15, -0.1) is 0 Å². The summed E-state index contributed by atoms with van der Waals surface area (Å²) >= 11 is 0. The van der Waals surface area contributed by atoms with E-state index in [9.17, 15) is 14.7 Å². The van der Waals surface area contributed by atoms with Crippen LogP contribution < -0.4 is 10.1 Å². The lowest BCUT2D eigenvalue weighted by Gasteiger charge is -2.22. The number of benzene rings is 1. The normalized spacial score (nSPS) is 18.9. The lowest BCUT2D eigenvalue weighted by molar-refractivity contribution is -0.141. The SMILES string of the molecule is COc1ccccc1CC(CNC(=O)C1CCCOC1)C(=O)O. The Labute approximate surface area is 135 Å². The highest BCUT2D eigenvalue weighted by molar-refractivity contribution is 5.80. The van der Waals surface area contributed by atoms with Crippen LogP contribution in [0, 0.1) is 11.8 Å². The van der Waals surface area contributed by atoms with E-state index in [0.717, 1.165) is 18.4 Å². The molecule has 1 amide bonds. The molecule has 2 N–H and O–H groups in total. The molecule has 2 unspecified atom stereocenters. The highest BCUT2D eigenvalue weighted by Gasteiger charge is 2.25. The molecule has 0 radical (unpaired) electrons. The first-order valence-corrected chi connectivity index (χ1v) is 7.82. The van der Waals surface area contributed by atoms with E-state index in [2.05, 4.69) is 5.32 Å². The quantitative estimate of drug-likeness (QED) is 0.794. The number of rotatable bonds is 7. The number of nitrogens with one attached hydrogen (secondary N) is 1. The number of methoxy groups -OCH3 is 1. The van der Waals surface area contributed by atoms with Gasteiger partial charge in [0, 0.05) is 13.2 Å². The van der Waals surface area contributed by atoms with Crippen LogP contribution in [0.2, 0.25) is 0 Å². The molecule has 6 nitrogen and oxygen atoms in total. The number of ether oxygens (including phenoxy) is 2. The highest BCUT2D eigenvalue weighted by atomic mass is 16.5. The van der Waals surface area contributed by atoms with Crippen molar-refractivity contribution in [2.75, 3.05) is 26.9 Å². The number of hydrogen-bond acceptors (Lipinski definition) is 4. The predicted octanol–water partition coefficient (Wildman–Crippen LogP) is 1.48. The van der Waals surface area contributed by atoms with Gasteiger partial charge in [0.2, 0.25) is 5.91 Å². The number of amides is 1. The molecule has 0 bridgehead atoms. The molecule has 2 rings (SSSR count). The zero-order valence-electron chi connectivity index (χ0n) is 13.3. The van der Waals surface area contributed by atoms with Gasteiger partial charge in [-0.05, 0) is 30.9 Å². The number of carbonyl (C=O) groups is 2. The van der Waals surface area contributed by atoms with Crippen LogP contribution in [0.25, 0.3) is 0 Å². The second-order valence-corrected chi connectivity index (χ2v) is 5.71. The van der Waals surface area contributed by atoms with Crippen molar-refractivity contribution in [3.8, 4) is 5.75 Å². The fourth-order valence-electron chi connectivity index (χ4n) is 2.70. The maximum absolute atomic E-state index is 12.1. The fourth-order valence-corrected chi connectivity index (χ4v) is 2.70. The molecule has 1 fully saturated rings. The van der Waals surface area contributed by atoms with E-state index in [1.165, 1.54) is 0 Å². The Bertz CT molecular complexity index is 540. The molecule has 0 aromatic heterocycles. The van der Waals surface area contributed by atoms with Crippen molar-refractivity contribution in [3.05, 3.63) is 29.8 Å². The Morgan fingerprint density at radius 3 is 2.87 bits per heavy atom. The second-order valence-electron chi connectivity index (χ2n) is 5.71. The molecule has 1 saturated heterocycles. The largest absolute Gasteiger partial charge is 0.496 e. The molecule has 6 heteroatoms. The lowest BCUT2D eigenvalue weighted by Crippen LogP contribution is -2.40. The smallest absolute Gasteiger partial charge is 0.308 e. The Morgan fingerprint density at radius 2 is 2.22 bits per heavy atom. The molecule has 2 atom stereocenters. The number of carboxylic acid groups (broad SMARTS) is 1. The second kappa shape index (κ2) is 8.53. The van der Waals surface area contributed by atoms with E-state index in [0.29, 0.717) is 25.4 Å². The molecule has 1 aromatic carbocycles. The summed E-state index contributed by atoms with van der Waals surface area (Å²) in [5.41, 5.74) is 0.817. The van der Waals surface area contributed by atoms with Gasteiger partial charge in [0.05, 0.1) is 25.6 Å². The van der Waals surface area contributed by atoms with Crippen molar-refractivity contribution in [3.63, 3.8) is 0 Å². The van der Waals surface area contributed by atoms with Crippen LogP contribution in [-0.2, 0) is 20.7 Å². The van der Waals surface area contributed by atoms with Crippen LogP contribution >= 0.6 is 0 Å². The number of aliphatic carboxylic acids is 1. The number of carbonyl (C=O) groups excluding carboxylic acids is 1. The van der Waals surface area contributed by atoms with E-state index in [-0.39, 0.29) is 18.4 Å². The van der Waals surface area contributed by atoms with Crippen molar-refractivity contribution in [2.24, 2.45) is 11.8 Å². The monoisotopic (exact) mass is 321 g/mol. The molecular weight excluding hydrogens is 298 g/mol. The van der Waals surface area contributed by atoms with Gasteiger partial charge in [0.1, 0.15) is 5.75 Å². The Kier molecular flexibility index (Phi) is 6.40. The minimum absolute atomic E-state index is 0.0999. The molecule has 1 heterocycles. The zero-order chi connectivity index (χ0) is 16.7. The molecule has 126 valence electrons. The topological polar surface area (TPSA) is 84.9 Å². The molecule has 1 aliphatic heterocycles.